The lowest BCUT2D eigenvalue weighted by molar-refractivity contribution is 0.456. The SMILES string of the molecule is N#Cc1cccc(Oc2ccc(Oc3ccccn3)cc2)c1C#N. The summed E-state index contributed by atoms with van der Waals surface area (Å²) in [7, 11) is 0. The van der Waals surface area contributed by atoms with Crippen molar-refractivity contribution >= 4 is 0 Å². The van der Waals surface area contributed by atoms with Gasteiger partial charge in [0.05, 0.1) is 5.56 Å². The van der Waals surface area contributed by atoms with Crippen molar-refractivity contribution in [3.63, 3.8) is 0 Å². The molecule has 2 aromatic carbocycles. The van der Waals surface area contributed by atoms with E-state index >= 15 is 0 Å². The number of benzene rings is 2. The Hall–Kier alpha value is -3.83. The number of ether oxygens (including phenoxy) is 2. The van der Waals surface area contributed by atoms with Crippen molar-refractivity contribution in [1.82, 2.24) is 4.98 Å². The average Bonchev–Trinajstić information content (AvgIpc) is 2.64. The number of nitrogens with zero attached hydrogens (tertiary/aromatic N) is 3. The Morgan fingerprint density at radius 3 is 2.12 bits per heavy atom. The molecule has 0 atom stereocenters. The summed E-state index contributed by atoms with van der Waals surface area (Å²) in [4.78, 5) is 4.09. The fourth-order valence-electron chi connectivity index (χ4n) is 2.06. The molecular formula is C19H11N3O2. The lowest BCUT2D eigenvalue weighted by Crippen LogP contribution is -1.92. The maximum absolute atomic E-state index is 9.21. The average molecular weight is 313 g/mol. The maximum atomic E-state index is 9.21. The first-order chi connectivity index (χ1) is 11.8. The second-order valence-corrected chi connectivity index (χ2v) is 4.75. The third-order valence-electron chi connectivity index (χ3n) is 3.17. The van der Waals surface area contributed by atoms with E-state index in [0.29, 0.717) is 23.1 Å². The molecule has 0 fully saturated rings. The zero-order valence-electron chi connectivity index (χ0n) is 12.5. The smallest absolute Gasteiger partial charge is 0.219 e. The molecular weight excluding hydrogens is 302 g/mol. The second kappa shape index (κ2) is 6.95. The lowest BCUT2D eigenvalue weighted by atomic mass is 10.1. The van der Waals surface area contributed by atoms with Crippen molar-refractivity contribution < 1.29 is 9.47 Å². The highest BCUT2D eigenvalue weighted by Crippen LogP contribution is 2.29. The number of nitriles is 2. The van der Waals surface area contributed by atoms with E-state index in [1.54, 1.807) is 54.7 Å². The van der Waals surface area contributed by atoms with Gasteiger partial charge in [-0.1, -0.05) is 12.1 Å². The van der Waals surface area contributed by atoms with Crippen LogP contribution in [-0.4, -0.2) is 4.98 Å². The zero-order chi connectivity index (χ0) is 16.8. The highest BCUT2D eigenvalue weighted by atomic mass is 16.5. The van der Waals surface area contributed by atoms with Crippen molar-refractivity contribution in [3.05, 3.63) is 78.0 Å². The molecule has 24 heavy (non-hydrogen) atoms. The molecule has 1 aromatic heterocycles. The number of hydrogen-bond acceptors (Lipinski definition) is 5. The molecule has 1 heterocycles. The molecule has 0 saturated carbocycles. The van der Waals surface area contributed by atoms with Gasteiger partial charge in [-0.05, 0) is 42.5 Å². The molecule has 0 bridgehead atoms. The molecule has 0 unspecified atom stereocenters. The van der Waals surface area contributed by atoms with Crippen molar-refractivity contribution in [2.45, 2.75) is 0 Å². The van der Waals surface area contributed by atoms with Crippen LogP contribution in [0.15, 0.2) is 66.9 Å². The van der Waals surface area contributed by atoms with Crippen LogP contribution in [0.4, 0.5) is 0 Å². The second-order valence-electron chi connectivity index (χ2n) is 4.75. The van der Waals surface area contributed by atoms with Gasteiger partial charge in [-0.15, -0.1) is 0 Å². The van der Waals surface area contributed by atoms with Gasteiger partial charge in [0.2, 0.25) is 5.88 Å². The van der Waals surface area contributed by atoms with Crippen LogP contribution in [0, 0.1) is 22.7 Å². The van der Waals surface area contributed by atoms with Gasteiger partial charge in [0.1, 0.15) is 35.0 Å². The fraction of sp³-hybridized carbons (Fsp3) is 0. The van der Waals surface area contributed by atoms with E-state index in [1.807, 2.05) is 24.3 Å². The Morgan fingerprint density at radius 1 is 0.750 bits per heavy atom. The van der Waals surface area contributed by atoms with Gasteiger partial charge in [0.15, 0.2) is 0 Å². The molecule has 0 aliphatic rings. The Kier molecular flexibility index (Phi) is 4.37. The first kappa shape index (κ1) is 15.1. The highest BCUT2D eigenvalue weighted by Gasteiger charge is 2.10. The quantitative estimate of drug-likeness (QED) is 0.712. The van der Waals surface area contributed by atoms with E-state index in [2.05, 4.69) is 4.98 Å². The molecule has 5 heteroatoms. The van der Waals surface area contributed by atoms with E-state index in [9.17, 15) is 5.26 Å². The largest absolute Gasteiger partial charge is 0.456 e. The Morgan fingerprint density at radius 2 is 1.50 bits per heavy atom. The van der Waals surface area contributed by atoms with Crippen LogP contribution in [0.5, 0.6) is 23.1 Å². The van der Waals surface area contributed by atoms with Crippen molar-refractivity contribution in [2.24, 2.45) is 0 Å². The maximum Gasteiger partial charge on any atom is 0.219 e. The summed E-state index contributed by atoms with van der Waals surface area (Å²) < 4.78 is 11.3. The third-order valence-corrected chi connectivity index (χ3v) is 3.17. The Labute approximate surface area is 139 Å². The van der Waals surface area contributed by atoms with Gasteiger partial charge >= 0.3 is 0 Å². The van der Waals surface area contributed by atoms with E-state index in [4.69, 9.17) is 14.7 Å². The van der Waals surface area contributed by atoms with Crippen LogP contribution in [0.2, 0.25) is 0 Å². The topological polar surface area (TPSA) is 78.9 Å². The number of rotatable bonds is 4. The lowest BCUT2D eigenvalue weighted by Gasteiger charge is -2.09. The van der Waals surface area contributed by atoms with Crippen molar-refractivity contribution in [2.75, 3.05) is 0 Å². The third kappa shape index (κ3) is 3.32. The minimum absolute atomic E-state index is 0.216. The molecule has 5 nitrogen and oxygen atoms in total. The summed E-state index contributed by atoms with van der Waals surface area (Å²) in [5.41, 5.74) is 0.499. The standard InChI is InChI=1S/C19H11N3O2/c20-12-14-4-3-5-18(17(14)13-21)23-15-7-9-16(10-8-15)24-19-6-1-2-11-22-19/h1-11H. The monoisotopic (exact) mass is 313 g/mol. The summed E-state index contributed by atoms with van der Waals surface area (Å²) >= 11 is 0. The van der Waals surface area contributed by atoms with E-state index < -0.39 is 0 Å². The first-order valence-electron chi connectivity index (χ1n) is 7.10. The number of aromatic nitrogens is 1. The Bertz CT molecular complexity index is 924. The minimum Gasteiger partial charge on any atom is -0.456 e. The Balaban J connectivity index is 1.78. The minimum atomic E-state index is 0.216. The summed E-state index contributed by atoms with van der Waals surface area (Å²) in [6.45, 7) is 0. The number of hydrogen-bond donors (Lipinski definition) is 0. The van der Waals surface area contributed by atoms with E-state index in [-0.39, 0.29) is 11.1 Å². The summed E-state index contributed by atoms with van der Waals surface area (Å²) in [6.07, 6.45) is 1.65. The van der Waals surface area contributed by atoms with Gasteiger partial charge in [0, 0.05) is 12.3 Å². The first-order valence-corrected chi connectivity index (χ1v) is 7.10. The zero-order valence-corrected chi connectivity index (χ0v) is 12.5. The predicted molar refractivity (Wildman–Crippen MR) is 86.7 cm³/mol. The molecule has 0 aliphatic heterocycles. The van der Waals surface area contributed by atoms with Gasteiger partial charge in [-0.2, -0.15) is 10.5 Å². The molecule has 0 spiro atoms. The van der Waals surface area contributed by atoms with Crippen molar-refractivity contribution in [1.29, 1.82) is 10.5 Å². The van der Waals surface area contributed by atoms with Crippen LogP contribution >= 0.6 is 0 Å². The van der Waals surface area contributed by atoms with Gasteiger partial charge < -0.3 is 9.47 Å². The van der Waals surface area contributed by atoms with Gasteiger partial charge in [-0.25, -0.2) is 4.98 Å². The number of pyridine rings is 1. The predicted octanol–water partition coefficient (Wildman–Crippen LogP) is 4.41. The normalized spacial score (nSPS) is 9.58. The van der Waals surface area contributed by atoms with Crippen molar-refractivity contribution in [3.8, 4) is 35.3 Å². The van der Waals surface area contributed by atoms with Crippen LogP contribution in [0.1, 0.15) is 11.1 Å². The molecule has 114 valence electrons. The van der Waals surface area contributed by atoms with E-state index in [1.165, 1.54) is 0 Å². The molecule has 0 saturated heterocycles. The van der Waals surface area contributed by atoms with Crippen LogP contribution in [-0.2, 0) is 0 Å². The summed E-state index contributed by atoms with van der Waals surface area (Å²) in [5.74, 6) is 2.00. The molecule has 0 amide bonds. The van der Waals surface area contributed by atoms with Gasteiger partial charge in [-0.3, -0.25) is 0 Å². The fourth-order valence-corrected chi connectivity index (χ4v) is 2.06. The van der Waals surface area contributed by atoms with Crippen LogP contribution in [0.3, 0.4) is 0 Å². The van der Waals surface area contributed by atoms with Gasteiger partial charge in [0.25, 0.3) is 0 Å². The molecule has 0 radical (unpaired) electrons. The summed E-state index contributed by atoms with van der Waals surface area (Å²) in [5, 5.41) is 18.2. The van der Waals surface area contributed by atoms with Crippen LogP contribution in [0.25, 0.3) is 0 Å². The van der Waals surface area contributed by atoms with Crippen LogP contribution < -0.4 is 9.47 Å². The van der Waals surface area contributed by atoms with E-state index in [0.717, 1.165) is 0 Å². The highest BCUT2D eigenvalue weighted by molar-refractivity contribution is 5.55. The molecule has 0 N–H and O–H groups in total. The summed E-state index contributed by atoms with van der Waals surface area (Å²) in [6, 6.07) is 21.2. The molecule has 3 rings (SSSR count). The molecule has 3 aromatic rings. The molecule has 0 aliphatic carbocycles.